The number of nitrogens with zero attached hydrogens (tertiary/aromatic N) is 3. The van der Waals surface area contributed by atoms with Gasteiger partial charge < -0.3 is 14.2 Å². The molecular weight excluding hydrogens is 430 g/mol. The van der Waals surface area contributed by atoms with Crippen LogP contribution in [0.3, 0.4) is 0 Å². The molecule has 2 heterocycles. The van der Waals surface area contributed by atoms with E-state index >= 15 is 0 Å². The highest BCUT2D eigenvalue weighted by molar-refractivity contribution is 5.99. The van der Waals surface area contributed by atoms with Crippen LogP contribution in [-0.4, -0.2) is 36.0 Å². The molecule has 7 nitrogen and oxygen atoms in total. The van der Waals surface area contributed by atoms with Crippen molar-refractivity contribution in [2.24, 2.45) is 5.10 Å². The van der Waals surface area contributed by atoms with Gasteiger partial charge in [-0.05, 0) is 24.3 Å². The first-order chi connectivity index (χ1) is 16.6. The molecule has 0 aliphatic carbocycles. The number of hydrogen-bond acceptors (Lipinski definition) is 6. The van der Waals surface area contributed by atoms with Crippen molar-refractivity contribution in [3.8, 4) is 22.8 Å². The van der Waals surface area contributed by atoms with Crippen LogP contribution in [0.4, 0.5) is 0 Å². The molecule has 0 N–H and O–H groups in total. The zero-order chi connectivity index (χ0) is 23.7. The summed E-state index contributed by atoms with van der Waals surface area (Å²) in [5, 5.41) is 6.77. The molecule has 170 valence electrons. The lowest BCUT2D eigenvalue weighted by atomic mass is 10.0. The Morgan fingerprint density at radius 1 is 0.941 bits per heavy atom. The van der Waals surface area contributed by atoms with Gasteiger partial charge >= 0.3 is 0 Å². The molecule has 0 spiro atoms. The minimum Gasteiger partial charge on any atom is -0.497 e. The van der Waals surface area contributed by atoms with E-state index in [9.17, 15) is 4.79 Å². The van der Waals surface area contributed by atoms with Gasteiger partial charge in [-0.3, -0.25) is 4.79 Å². The highest BCUT2D eigenvalue weighted by Crippen LogP contribution is 2.38. The van der Waals surface area contributed by atoms with Crippen molar-refractivity contribution in [2.75, 3.05) is 14.2 Å². The molecule has 0 bridgehead atoms. The maximum atomic E-state index is 12.6. The van der Waals surface area contributed by atoms with Gasteiger partial charge in [0.1, 0.15) is 11.5 Å². The number of benzene rings is 3. The van der Waals surface area contributed by atoms with Gasteiger partial charge in [-0.15, -0.1) is 5.10 Å². The molecule has 3 aromatic carbocycles. The van der Waals surface area contributed by atoms with E-state index in [0.29, 0.717) is 23.0 Å². The molecule has 5 rings (SSSR count). The third kappa shape index (κ3) is 3.81. The number of rotatable bonds is 5. The predicted molar refractivity (Wildman–Crippen MR) is 130 cm³/mol. The fraction of sp³-hybridized carbons (Fsp3) is 0.148. The summed E-state index contributed by atoms with van der Waals surface area (Å²) in [4.78, 5) is 17.5. The molecule has 4 aromatic rings. The Kier molecular flexibility index (Phi) is 5.59. The number of ether oxygens (including phenoxy) is 3. The SMILES string of the molecule is COc1ccc(C2=NN(C(C)=O)[C@@H](c3cc(-c4ccccc4)nc4ccccc34)O2)c(OC)c1. The lowest BCUT2D eigenvalue weighted by Gasteiger charge is -2.21. The molecule has 0 saturated carbocycles. The zero-order valence-corrected chi connectivity index (χ0v) is 19.1. The molecule has 1 aromatic heterocycles. The Labute approximate surface area is 197 Å². The lowest BCUT2D eigenvalue weighted by molar-refractivity contribution is -0.135. The summed E-state index contributed by atoms with van der Waals surface area (Å²) >= 11 is 0. The van der Waals surface area contributed by atoms with E-state index < -0.39 is 6.23 Å². The topological polar surface area (TPSA) is 73.2 Å². The van der Waals surface area contributed by atoms with E-state index in [0.717, 1.165) is 27.7 Å². The molecule has 0 fully saturated rings. The summed E-state index contributed by atoms with van der Waals surface area (Å²) in [6, 6.07) is 25.0. The van der Waals surface area contributed by atoms with Gasteiger partial charge in [-0.1, -0.05) is 48.5 Å². The van der Waals surface area contributed by atoms with Gasteiger partial charge in [0, 0.05) is 29.5 Å². The monoisotopic (exact) mass is 453 g/mol. The number of hydrazone groups is 1. The van der Waals surface area contributed by atoms with Crippen molar-refractivity contribution in [3.63, 3.8) is 0 Å². The number of fused-ring (bicyclic) bond motifs is 1. The Morgan fingerprint density at radius 2 is 1.71 bits per heavy atom. The Morgan fingerprint density at radius 3 is 2.44 bits per heavy atom. The minimum atomic E-state index is -0.755. The van der Waals surface area contributed by atoms with E-state index in [2.05, 4.69) is 5.10 Å². The van der Waals surface area contributed by atoms with Crippen molar-refractivity contribution < 1.29 is 19.0 Å². The summed E-state index contributed by atoms with van der Waals surface area (Å²) in [7, 11) is 3.15. The second-order valence-corrected chi connectivity index (χ2v) is 7.79. The summed E-state index contributed by atoms with van der Waals surface area (Å²) < 4.78 is 17.2. The predicted octanol–water partition coefficient (Wildman–Crippen LogP) is 5.16. The fourth-order valence-electron chi connectivity index (χ4n) is 4.02. The van der Waals surface area contributed by atoms with E-state index in [1.165, 1.54) is 11.9 Å². The van der Waals surface area contributed by atoms with E-state index in [4.69, 9.17) is 19.2 Å². The molecule has 7 heteroatoms. The van der Waals surface area contributed by atoms with E-state index in [-0.39, 0.29) is 5.91 Å². The van der Waals surface area contributed by atoms with Crippen molar-refractivity contribution in [3.05, 3.63) is 90.0 Å². The number of carbonyl (C=O) groups is 1. The smallest absolute Gasteiger partial charge is 0.244 e. The molecule has 1 aliphatic heterocycles. The molecule has 0 radical (unpaired) electrons. The maximum Gasteiger partial charge on any atom is 0.244 e. The number of amides is 1. The van der Waals surface area contributed by atoms with Crippen LogP contribution >= 0.6 is 0 Å². The first-order valence-electron chi connectivity index (χ1n) is 10.8. The van der Waals surface area contributed by atoms with Crippen molar-refractivity contribution in [2.45, 2.75) is 13.2 Å². The van der Waals surface area contributed by atoms with Crippen LogP contribution < -0.4 is 9.47 Å². The fourth-order valence-corrected chi connectivity index (χ4v) is 4.02. The third-order valence-corrected chi connectivity index (χ3v) is 5.69. The molecule has 1 aliphatic rings. The van der Waals surface area contributed by atoms with E-state index in [1.54, 1.807) is 32.4 Å². The lowest BCUT2D eigenvalue weighted by Crippen LogP contribution is -2.25. The van der Waals surface area contributed by atoms with Crippen molar-refractivity contribution in [1.29, 1.82) is 0 Å². The summed E-state index contributed by atoms with van der Waals surface area (Å²) in [5.41, 5.74) is 3.99. The molecule has 0 saturated heterocycles. The van der Waals surface area contributed by atoms with Crippen LogP contribution in [-0.2, 0) is 9.53 Å². The summed E-state index contributed by atoms with van der Waals surface area (Å²) in [6.45, 7) is 1.47. The van der Waals surface area contributed by atoms with Gasteiger partial charge in [0.25, 0.3) is 0 Å². The van der Waals surface area contributed by atoms with Gasteiger partial charge in [-0.25, -0.2) is 4.98 Å². The zero-order valence-electron chi connectivity index (χ0n) is 19.1. The maximum absolute atomic E-state index is 12.6. The average molecular weight is 453 g/mol. The molecule has 34 heavy (non-hydrogen) atoms. The average Bonchev–Trinajstić information content (AvgIpc) is 3.33. The number of hydrogen-bond donors (Lipinski definition) is 0. The number of carbonyl (C=O) groups excluding carboxylic acids is 1. The minimum absolute atomic E-state index is 0.241. The second kappa shape index (κ2) is 8.86. The quantitative estimate of drug-likeness (QED) is 0.417. The van der Waals surface area contributed by atoms with Crippen LogP contribution in [0, 0.1) is 0 Å². The van der Waals surface area contributed by atoms with Crippen molar-refractivity contribution in [1.82, 2.24) is 9.99 Å². The highest BCUT2D eigenvalue weighted by Gasteiger charge is 2.35. The van der Waals surface area contributed by atoms with Gasteiger partial charge in [0.05, 0.1) is 31.0 Å². The first-order valence-corrected chi connectivity index (χ1v) is 10.8. The molecule has 0 unspecified atom stereocenters. The third-order valence-electron chi connectivity index (χ3n) is 5.69. The summed E-state index contributed by atoms with van der Waals surface area (Å²) in [6.07, 6.45) is -0.755. The number of pyridine rings is 1. The summed E-state index contributed by atoms with van der Waals surface area (Å²) in [5.74, 6) is 1.23. The number of para-hydroxylation sites is 1. The first kappa shape index (κ1) is 21.5. The Bertz CT molecular complexity index is 1400. The highest BCUT2D eigenvalue weighted by atomic mass is 16.5. The van der Waals surface area contributed by atoms with Crippen LogP contribution in [0.2, 0.25) is 0 Å². The number of methoxy groups -OCH3 is 2. The number of aromatic nitrogens is 1. The van der Waals surface area contributed by atoms with Crippen LogP contribution in [0.5, 0.6) is 11.5 Å². The molecular formula is C27H23N3O4. The Balaban J connectivity index is 1.63. The van der Waals surface area contributed by atoms with Gasteiger partial charge in [0.15, 0.2) is 0 Å². The van der Waals surface area contributed by atoms with Crippen molar-refractivity contribution >= 4 is 22.7 Å². The largest absolute Gasteiger partial charge is 0.497 e. The van der Waals surface area contributed by atoms with Gasteiger partial charge in [0.2, 0.25) is 18.0 Å². The Hall–Kier alpha value is -4.39. The standard InChI is InChI=1S/C27H23N3O4/c1-17(31)30-27(34-26(29-30)21-14-13-19(32-2)15-25(21)33-3)22-16-24(18-9-5-4-6-10-18)28-23-12-8-7-11-20(22)23/h4-16,27H,1-3H3/t27-/m1/s1. The van der Waals surface area contributed by atoms with E-state index in [1.807, 2.05) is 60.7 Å². The second-order valence-electron chi connectivity index (χ2n) is 7.79. The molecule has 1 atom stereocenters. The normalized spacial score (nSPS) is 15.1. The molecule has 1 amide bonds. The van der Waals surface area contributed by atoms with Crippen LogP contribution in [0.1, 0.15) is 24.3 Å². The van der Waals surface area contributed by atoms with Gasteiger partial charge in [-0.2, -0.15) is 5.01 Å². The van der Waals surface area contributed by atoms with Crippen LogP contribution in [0.15, 0.2) is 84.0 Å². The van der Waals surface area contributed by atoms with Crippen LogP contribution in [0.25, 0.3) is 22.2 Å².